The predicted molar refractivity (Wildman–Crippen MR) is 139 cm³/mol. The molecule has 0 unspecified atom stereocenters. The molecule has 0 saturated carbocycles. The monoisotopic (exact) mass is 500 g/mol. The predicted octanol–water partition coefficient (Wildman–Crippen LogP) is 3.49. The lowest BCUT2D eigenvalue weighted by Crippen LogP contribution is -2.47. The van der Waals surface area contributed by atoms with Crippen molar-refractivity contribution in [3.63, 3.8) is 0 Å². The van der Waals surface area contributed by atoms with Crippen molar-refractivity contribution in [3.05, 3.63) is 46.3 Å². The molecule has 0 atom stereocenters. The number of aromatic nitrogens is 1. The summed E-state index contributed by atoms with van der Waals surface area (Å²) in [6.45, 7) is 10.9. The molecule has 2 aromatic heterocycles. The van der Waals surface area contributed by atoms with Crippen LogP contribution in [0.4, 0.5) is 5.82 Å². The van der Waals surface area contributed by atoms with E-state index in [0.29, 0.717) is 13.1 Å². The summed E-state index contributed by atoms with van der Waals surface area (Å²) in [4.78, 5) is 11.2. The van der Waals surface area contributed by atoms with Gasteiger partial charge in [-0.05, 0) is 31.5 Å². The smallest absolute Gasteiger partial charge is 0.211 e. The first-order valence-corrected chi connectivity index (χ1v) is 14.5. The number of aryl methyl sites for hydroxylation is 2. The van der Waals surface area contributed by atoms with Crippen molar-refractivity contribution in [1.82, 2.24) is 14.2 Å². The molecule has 3 aromatic rings. The number of benzene rings is 1. The van der Waals surface area contributed by atoms with Crippen molar-refractivity contribution in [3.8, 4) is 11.3 Å². The summed E-state index contributed by atoms with van der Waals surface area (Å²) in [5, 5.41) is 1.27. The summed E-state index contributed by atoms with van der Waals surface area (Å²) in [6.07, 6.45) is 1.30. The van der Waals surface area contributed by atoms with Crippen LogP contribution in [0.1, 0.15) is 16.0 Å². The fraction of sp³-hybridized carbons (Fsp3) is 0.480. The third-order valence-corrected chi connectivity index (χ3v) is 9.39. The van der Waals surface area contributed by atoms with Crippen LogP contribution in [0.3, 0.4) is 0 Å². The van der Waals surface area contributed by atoms with Gasteiger partial charge in [0.1, 0.15) is 5.82 Å². The molecule has 0 N–H and O–H groups in total. The molecule has 0 amide bonds. The Morgan fingerprint density at radius 2 is 1.76 bits per heavy atom. The van der Waals surface area contributed by atoms with E-state index in [0.717, 1.165) is 63.0 Å². The van der Waals surface area contributed by atoms with Gasteiger partial charge in [-0.2, -0.15) is 4.31 Å². The highest BCUT2D eigenvalue weighted by Crippen LogP contribution is 2.40. The minimum Gasteiger partial charge on any atom is -0.378 e. The highest BCUT2D eigenvalue weighted by molar-refractivity contribution is 7.88. The highest BCUT2D eigenvalue weighted by Gasteiger charge is 2.26. The molecular formula is C25H32N4O3S2. The van der Waals surface area contributed by atoms with Gasteiger partial charge in [0, 0.05) is 61.6 Å². The van der Waals surface area contributed by atoms with Gasteiger partial charge in [0.2, 0.25) is 10.0 Å². The maximum absolute atomic E-state index is 11.9. The van der Waals surface area contributed by atoms with Gasteiger partial charge in [0.05, 0.1) is 29.9 Å². The second kappa shape index (κ2) is 9.54. The van der Waals surface area contributed by atoms with Crippen LogP contribution in [0.5, 0.6) is 0 Å². The fourth-order valence-corrected chi connectivity index (χ4v) is 6.94. The quantitative estimate of drug-likeness (QED) is 0.534. The molecule has 4 heterocycles. The zero-order valence-electron chi connectivity index (χ0n) is 20.1. The van der Waals surface area contributed by atoms with Crippen LogP contribution in [-0.4, -0.2) is 81.3 Å². The molecule has 0 bridgehead atoms. The molecular weight excluding hydrogens is 468 g/mol. The topological polar surface area (TPSA) is 66.0 Å². The van der Waals surface area contributed by atoms with E-state index < -0.39 is 10.0 Å². The zero-order chi connectivity index (χ0) is 23.9. The van der Waals surface area contributed by atoms with Crippen LogP contribution in [0.2, 0.25) is 0 Å². The Labute approximate surface area is 206 Å². The number of hydrogen-bond acceptors (Lipinski definition) is 7. The summed E-state index contributed by atoms with van der Waals surface area (Å²) >= 11 is 1.83. The van der Waals surface area contributed by atoms with Crippen LogP contribution in [0, 0.1) is 13.8 Å². The van der Waals surface area contributed by atoms with E-state index in [-0.39, 0.29) is 0 Å². The first-order valence-electron chi connectivity index (χ1n) is 11.8. The van der Waals surface area contributed by atoms with E-state index in [9.17, 15) is 8.42 Å². The third kappa shape index (κ3) is 4.85. The van der Waals surface area contributed by atoms with E-state index >= 15 is 0 Å². The molecule has 0 spiro atoms. The summed E-state index contributed by atoms with van der Waals surface area (Å²) in [5.41, 5.74) is 4.67. The van der Waals surface area contributed by atoms with Crippen molar-refractivity contribution in [1.29, 1.82) is 0 Å². The van der Waals surface area contributed by atoms with Crippen molar-refractivity contribution in [2.45, 2.75) is 20.4 Å². The van der Waals surface area contributed by atoms with Crippen LogP contribution in [0.15, 0.2) is 30.3 Å². The van der Waals surface area contributed by atoms with Gasteiger partial charge in [0.25, 0.3) is 0 Å². The highest BCUT2D eigenvalue weighted by atomic mass is 32.2. The molecule has 5 rings (SSSR count). The summed E-state index contributed by atoms with van der Waals surface area (Å²) < 4.78 is 32.2. The van der Waals surface area contributed by atoms with Gasteiger partial charge >= 0.3 is 0 Å². The van der Waals surface area contributed by atoms with Crippen LogP contribution in [0.25, 0.3) is 21.3 Å². The van der Waals surface area contributed by atoms with Crippen molar-refractivity contribution < 1.29 is 13.2 Å². The largest absolute Gasteiger partial charge is 0.378 e. The number of thiophene rings is 1. The molecule has 2 aliphatic rings. The molecule has 2 aliphatic heterocycles. The first-order chi connectivity index (χ1) is 16.3. The Bertz CT molecular complexity index is 1290. The number of rotatable bonds is 5. The van der Waals surface area contributed by atoms with E-state index in [1.165, 1.54) is 32.3 Å². The molecule has 1 aromatic carbocycles. The zero-order valence-corrected chi connectivity index (χ0v) is 21.7. The van der Waals surface area contributed by atoms with Crippen molar-refractivity contribution in [2.75, 3.05) is 63.6 Å². The Morgan fingerprint density at radius 3 is 2.44 bits per heavy atom. The number of fused-ring (bicyclic) bond motifs is 1. The minimum atomic E-state index is -3.12. The van der Waals surface area contributed by atoms with Crippen LogP contribution in [-0.2, 0) is 21.3 Å². The number of morpholine rings is 1. The van der Waals surface area contributed by atoms with Crippen molar-refractivity contribution >= 4 is 37.3 Å². The number of hydrogen-bond donors (Lipinski definition) is 0. The average molecular weight is 501 g/mol. The molecule has 0 aliphatic carbocycles. The minimum absolute atomic E-state index is 0.556. The Kier molecular flexibility index (Phi) is 6.65. The number of pyridine rings is 1. The average Bonchev–Trinajstić information content (AvgIpc) is 3.14. The number of ether oxygens (including phenoxy) is 1. The molecule has 7 nitrogen and oxygen atoms in total. The van der Waals surface area contributed by atoms with Gasteiger partial charge in [-0.3, -0.25) is 4.90 Å². The Balaban J connectivity index is 1.50. The molecule has 2 saturated heterocycles. The summed E-state index contributed by atoms with van der Waals surface area (Å²) in [6, 6.07) is 10.8. The molecule has 182 valence electrons. The lowest BCUT2D eigenvalue weighted by Gasteiger charge is -2.33. The lowest BCUT2D eigenvalue weighted by molar-refractivity contribution is 0.122. The fourth-order valence-electron chi connectivity index (χ4n) is 4.76. The maximum Gasteiger partial charge on any atom is 0.211 e. The lowest BCUT2D eigenvalue weighted by atomic mass is 10.1. The SMILES string of the molecule is Cc1cccc(-c2cc3c(C)c(CN4CCN(S(C)(=O)=O)CC4)sc3c(N3CCOCC3)n2)c1. The van der Waals surface area contributed by atoms with Crippen molar-refractivity contribution in [2.24, 2.45) is 0 Å². The standard InChI is InChI=1S/C25H32N4O3S2/c1-18-5-4-6-20(15-18)22-16-21-19(2)23(17-27-7-9-29(10-8-27)34(3,30)31)33-24(21)25(26-22)28-11-13-32-14-12-28/h4-6,15-16H,7-14,17H2,1-3H3. The molecule has 34 heavy (non-hydrogen) atoms. The van der Waals surface area contributed by atoms with Crippen LogP contribution < -0.4 is 4.90 Å². The Hall–Kier alpha value is -2.04. The first kappa shape index (κ1) is 23.7. The molecule has 2 fully saturated rings. The van der Waals surface area contributed by atoms with Gasteiger partial charge in [-0.1, -0.05) is 23.8 Å². The van der Waals surface area contributed by atoms with Gasteiger partial charge in [0.15, 0.2) is 0 Å². The van der Waals surface area contributed by atoms with E-state index in [1.807, 2.05) is 11.3 Å². The van der Waals surface area contributed by atoms with E-state index in [4.69, 9.17) is 9.72 Å². The second-order valence-corrected chi connectivity index (χ2v) is 12.4. The van der Waals surface area contributed by atoms with Crippen LogP contribution >= 0.6 is 11.3 Å². The van der Waals surface area contributed by atoms with E-state index in [1.54, 1.807) is 4.31 Å². The summed E-state index contributed by atoms with van der Waals surface area (Å²) in [5.74, 6) is 1.05. The second-order valence-electron chi connectivity index (χ2n) is 9.27. The van der Waals surface area contributed by atoms with Gasteiger partial charge < -0.3 is 9.64 Å². The number of anilines is 1. The van der Waals surface area contributed by atoms with Gasteiger partial charge in [-0.25, -0.2) is 13.4 Å². The summed E-state index contributed by atoms with van der Waals surface area (Å²) in [7, 11) is -3.12. The van der Waals surface area contributed by atoms with Gasteiger partial charge in [-0.15, -0.1) is 11.3 Å². The number of sulfonamides is 1. The third-order valence-electron chi connectivity index (χ3n) is 6.79. The molecule has 0 radical (unpaired) electrons. The maximum atomic E-state index is 11.9. The normalized spacial score (nSPS) is 18.6. The molecule has 9 heteroatoms. The van der Waals surface area contributed by atoms with E-state index in [2.05, 4.69) is 54.0 Å². The Morgan fingerprint density at radius 1 is 1.03 bits per heavy atom. The number of nitrogens with zero attached hydrogens (tertiary/aromatic N) is 4. The number of piperazine rings is 1.